The molecule has 2 fully saturated rings. The summed E-state index contributed by atoms with van der Waals surface area (Å²) in [5, 5.41) is 16.8. The molecule has 4 amide bonds. The molecule has 0 bridgehead atoms. The molecule has 0 radical (unpaired) electrons. The molecule has 260 valence electrons. The van der Waals surface area contributed by atoms with Crippen LogP contribution in [0.4, 0.5) is 13.6 Å². The predicted octanol–water partition coefficient (Wildman–Crippen LogP) is 4.45. The van der Waals surface area contributed by atoms with Crippen molar-refractivity contribution in [3.05, 3.63) is 48.3 Å². The molecule has 2 aliphatic rings. The van der Waals surface area contributed by atoms with Gasteiger partial charge in [0.2, 0.25) is 11.8 Å². The summed E-state index contributed by atoms with van der Waals surface area (Å²) in [6.07, 6.45) is 7.13. The van der Waals surface area contributed by atoms with Crippen molar-refractivity contribution in [2.75, 3.05) is 33.3 Å². The van der Waals surface area contributed by atoms with Gasteiger partial charge in [-0.05, 0) is 57.4 Å². The molecule has 2 heterocycles. The summed E-state index contributed by atoms with van der Waals surface area (Å²) in [6, 6.07) is 8.99. The van der Waals surface area contributed by atoms with Crippen molar-refractivity contribution >= 4 is 23.8 Å². The Kier molecular flexibility index (Phi) is 13.6. The Morgan fingerprint density at radius 3 is 2.35 bits per heavy atom. The number of aromatic nitrogens is 1. The topological polar surface area (TPSA) is 163 Å². The average molecular weight is 671 g/mol. The van der Waals surface area contributed by atoms with Crippen LogP contribution in [0.15, 0.2) is 42.7 Å². The smallest absolute Gasteiger partial charge is 0.407 e. The zero-order valence-corrected chi connectivity index (χ0v) is 27.8. The molecule has 4 rings (SSSR count). The summed E-state index contributed by atoms with van der Waals surface area (Å²) < 4.78 is 37.9. The zero-order valence-electron chi connectivity index (χ0n) is 27.8. The molecule has 0 spiro atoms. The van der Waals surface area contributed by atoms with Crippen LogP contribution in [0.2, 0.25) is 0 Å². The van der Waals surface area contributed by atoms with E-state index in [1.165, 1.54) is 31.9 Å². The number of nitrogens with one attached hydrogen (secondary N) is 3. The number of nitriles is 1. The van der Waals surface area contributed by atoms with Crippen LogP contribution in [-0.2, 0) is 14.3 Å². The monoisotopic (exact) mass is 670 g/mol. The molecular weight excluding hydrogens is 626 g/mol. The number of hydrogen-bond acceptors (Lipinski definition) is 8. The normalized spacial score (nSPS) is 17.2. The lowest BCUT2D eigenvalue weighted by Crippen LogP contribution is -2.43. The van der Waals surface area contributed by atoms with E-state index < -0.39 is 43.3 Å². The minimum absolute atomic E-state index is 0.0842. The Labute approximate surface area is 279 Å². The van der Waals surface area contributed by atoms with Crippen molar-refractivity contribution in [2.24, 2.45) is 5.92 Å². The number of rotatable bonds is 9. The van der Waals surface area contributed by atoms with E-state index in [2.05, 4.69) is 20.9 Å². The first-order valence-corrected chi connectivity index (χ1v) is 15.9. The second kappa shape index (κ2) is 17.4. The van der Waals surface area contributed by atoms with Crippen LogP contribution in [0.3, 0.4) is 0 Å². The summed E-state index contributed by atoms with van der Waals surface area (Å²) in [5.74, 6) is -3.67. The van der Waals surface area contributed by atoms with Gasteiger partial charge in [-0.15, -0.1) is 0 Å². The molecule has 2 aromatic rings. The van der Waals surface area contributed by atoms with Gasteiger partial charge in [-0.25, -0.2) is 13.6 Å². The molecule has 1 saturated heterocycles. The van der Waals surface area contributed by atoms with E-state index in [0.29, 0.717) is 30.0 Å². The van der Waals surface area contributed by atoms with E-state index in [-0.39, 0.29) is 29.1 Å². The lowest BCUT2D eigenvalue weighted by Gasteiger charge is -2.20. The van der Waals surface area contributed by atoms with Crippen molar-refractivity contribution in [1.29, 1.82) is 5.26 Å². The van der Waals surface area contributed by atoms with Crippen LogP contribution >= 0.6 is 0 Å². The second-order valence-electron chi connectivity index (χ2n) is 12.6. The minimum atomic E-state index is -3.13. The van der Waals surface area contributed by atoms with Crippen LogP contribution < -0.4 is 20.7 Å². The quantitative estimate of drug-likeness (QED) is 0.330. The van der Waals surface area contributed by atoms with Gasteiger partial charge in [0.05, 0.1) is 31.3 Å². The Bertz CT molecular complexity index is 1450. The molecule has 48 heavy (non-hydrogen) atoms. The number of nitrogens with zero attached hydrogens (tertiary/aromatic N) is 3. The van der Waals surface area contributed by atoms with Gasteiger partial charge in [-0.3, -0.25) is 19.4 Å². The largest absolute Gasteiger partial charge is 0.492 e. The highest BCUT2D eigenvalue weighted by molar-refractivity contribution is 6.02. The molecule has 1 aromatic heterocycles. The Morgan fingerprint density at radius 2 is 1.75 bits per heavy atom. The Hall–Kier alpha value is -4.80. The molecule has 1 aromatic carbocycles. The number of amides is 4. The van der Waals surface area contributed by atoms with Gasteiger partial charge >= 0.3 is 6.09 Å². The Balaban J connectivity index is 0.000000609. The Morgan fingerprint density at radius 1 is 1.06 bits per heavy atom. The van der Waals surface area contributed by atoms with Crippen molar-refractivity contribution in [3.8, 4) is 22.9 Å². The average Bonchev–Trinajstić information content (AvgIpc) is 3.40. The first-order chi connectivity index (χ1) is 22.7. The minimum Gasteiger partial charge on any atom is -0.492 e. The summed E-state index contributed by atoms with van der Waals surface area (Å²) in [7, 11) is 1.54. The fraction of sp³-hybridized carbons (Fsp3) is 0.529. The molecule has 1 aliphatic heterocycles. The number of hydrogen-bond donors (Lipinski definition) is 3. The fourth-order valence-corrected chi connectivity index (χ4v) is 5.28. The van der Waals surface area contributed by atoms with Crippen molar-refractivity contribution in [1.82, 2.24) is 25.8 Å². The van der Waals surface area contributed by atoms with Crippen molar-refractivity contribution in [3.63, 3.8) is 0 Å². The predicted molar refractivity (Wildman–Crippen MR) is 173 cm³/mol. The molecule has 12 nitrogen and oxygen atoms in total. The standard InChI is InChI=1S/C28H31F2N5O4.C6H13NO2/c29-28(30)14-21(15-31)35(18-28)25(36)17-34-27(38)23-10-11-32-16-24(23)19-6-8-22(9-7-19)39-13-12-33-26(37)20-4-2-1-3-5-20;1-6(2,3)9-5(8)7-4/h6-11,16,20-21H,1-5,12-14,17-18H2,(H,33,37)(H,34,38);1-4H3,(H,7,8). The highest BCUT2D eigenvalue weighted by Crippen LogP contribution is 2.32. The number of likely N-dealkylation sites (tertiary alicyclic amines) is 1. The van der Waals surface area contributed by atoms with Gasteiger partial charge in [-0.1, -0.05) is 31.4 Å². The fourth-order valence-electron chi connectivity index (χ4n) is 5.28. The highest BCUT2D eigenvalue weighted by atomic mass is 19.3. The van der Waals surface area contributed by atoms with Gasteiger partial charge in [0.1, 0.15) is 24.0 Å². The van der Waals surface area contributed by atoms with E-state index >= 15 is 0 Å². The molecule has 1 atom stereocenters. The molecule has 1 aliphatic carbocycles. The summed E-state index contributed by atoms with van der Waals surface area (Å²) in [5.41, 5.74) is 1.05. The van der Waals surface area contributed by atoms with Gasteiger partial charge in [0.25, 0.3) is 11.8 Å². The maximum absolute atomic E-state index is 13.6. The lowest BCUT2D eigenvalue weighted by molar-refractivity contribution is -0.131. The number of halogens is 2. The number of carbonyl (C=O) groups excluding carboxylic acids is 4. The number of alkyl carbamates (subject to hydrolysis) is 1. The van der Waals surface area contributed by atoms with Gasteiger partial charge in [0.15, 0.2) is 0 Å². The van der Waals surface area contributed by atoms with E-state index in [4.69, 9.17) is 14.7 Å². The zero-order chi connectivity index (χ0) is 35.3. The van der Waals surface area contributed by atoms with Crippen molar-refractivity contribution < 1.29 is 37.4 Å². The molecular formula is C34H44F2N6O6. The number of pyridine rings is 1. The molecule has 3 N–H and O–H groups in total. The van der Waals surface area contributed by atoms with E-state index in [1.807, 2.05) is 20.8 Å². The highest BCUT2D eigenvalue weighted by Gasteiger charge is 2.47. The van der Waals surface area contributed by atoms with Crippen LogP contribution in [0, 0.1) is 17.2 Å². The van der Waals surface area contributed by atoms with Gasteiger partial charge < -0.3 is 30.3 Å². The third kappa shape index (κ3) is 11.8. The SMILES string of the molecule is CNC(=O)OC(C)(C)C.N#CC1CC(F)(F)CN1C(=O)CNC(=O)c1ccncc1-c1ccc(OCCNC(=O)C2CCCCC2)cc1. The summed E-state index contributed by atoms with van der Waals surface area (Å²) in [4.78, 5) is 52.9. The number of alkyl halides is 2. The number of carbonyl (C=O) groups is 4. The van der Waals surface area contributed by atoms with E-state index in [1.54, 1.807) is 30.3 Å². The van der Waals surface area contributed by atoms with Crippen LogP contribution in [0.5, 0.6) is 5.75 Å². The molecule has 1 unspecified atom stereocenters. The lowest BCUT2D eigenvalue weighted by atomic mass is 9.89. The van der Waals surface area contributed by atoms with Crippen molar-refractivity contribution in [2.45, 2.75) is 76.9 Å². The van der Waals surface area contributed by atoms with Crippen LogP contribution in [0.1, 0.15) is 69.7 Å². The third-order valence-corrected chi connectivity index (χ3v) is 7.62. The number of benzene rings is 1. The van der Waals surface area contributed by atoms with E-state index in [9.17, 15) is 28.0 Å². The summed E-state index contributed by atoms with van der Waals surface area (Å²) >= 11 is 0. The second-order valence-corrected chi connectivity index (χ2v) is 12.6. The van der Waals surface area contributed by atoms with Crippen LogP contribution in [-0.4, -0.2) is 84.6 Å². The third-order valence-electron chi connectivity index (χ3n) is 7.62. The summed E-state index contributed by atoms with van der Waals surface area (Å²) in [6.45, 7) is 4.84. The van der Waals surface area contributed by atoms with E-state index in [0.717, 1.165) is 30.6 Å². The van der Waals surface area contributed by atoms with Crippen LogP contribution in [0.25, 0.3) is 11.1 Å². The van der Waals surface area contributed by atoms with Gasteiger partial charge in [-0.2, -0.15) is 5.26 Å². The first kappa shape index (κ1) is 37.7. The maximum atomic E-state index is 13.6. The number of ether oxygens (including phenoxy) is 2. The maximum Gasteiger partial charge on any atom is 0.407 e. The first-order valence-electron chi connectivity index (χ1n) is 15.9. The molecule has 14 heteroatoms. The molecule has 1 saturated carbocycles. The van der Waals surface area contributed by atoms with Gasteiger partial charge in [0, 0.05) is 37.3 Å².